The van der Waals surface area contributed by atoms with Crippen LogP contribution in [-0.4, -0.2) is 17.0 Å². The van der Waals surface area contributed by atoms with E-state index < -0.39 is 6.10 Å². The van der Waals surface area contributed by atoms with Gasteiger partial charge in [-0.25, -0.2) is 0 Å². The van der Waals surface area contributed by atoms with Gasteiger partial charge in [0.15, 0.2) is 0 Å². The van der Waals surface area contributed by atoms with E-state index in [9.17, 15) is 4.79 Å². The maximum atomic E-state index is 10.4. The van der Waals surface area contributed by atoms with E-state index in [1.54, 1.807) is 6.92 Å². The van der Waals surface area contributed by atoms with Gasteiger partial charge < -0.3 is 5.11 Å². The molecule has 0 radical (unpaired) electrons. The van der Waals surface area contributed by atoms with Gasteiger partial charge in [0.2, 0.25) is 5.78 Å². The summed E-state index contributed by atoms with van der Waals surface area (Å²) in [7, 11) is 0. The van der Waals surface area contributed by atoms with Crippen LogP contribution >= 0.6 is 0 Å². The van der Waals surface area contributed by atoms with Gasteiger partial charge in [-0.1, -0.05) is 54.2 Å². The topological polar surface area (TPSA) is 37.3 Å². The van der Waals surface area contributed by atoms with Crippen molar-refractivity contribution in [3.05, 3.63) is 71.8 Å². The van der Waals surface area contributed by atoms with Crippen molar-refractivity contribution >= 4 is 5.78 Å². The minimum absolute atomic E-state index is 0.103. The number of hydrogen-bond acceptors (Lipinski definition) is 2. The minimum atomic E-state index is -0.546. The van der Waals surface area contributed by atoms with E-state index >= 15 is 0 Å². The molecule has 0 aliphatic heterocycles. The molecule has 2 rings (SSSR count). The first kappa shape index (κ1) is 17.2. The molecule has 2 nitrogen and oxygen atoms in total. The summed E-state index contributed by atoms with van der Waals surface area (Å²) in [5, 5.41) is 8.84. The quantitative estimate of drug-likeness (QED) is 0.757. The first-order valence-electron chi connectivity index (χ1n) is 6.90. The number of carbonyl (C=O) groups excluding carboxylic acids is 1. The van der Waals surface area contributed by atoms with Crippen LogP contribution in [0.5, 0.6) is 0 Å². The molecule has 0 fully saturated rings. The smallest absolute Gasteiger partial charge is 0.202 e. The summed E-state index contributed by atoms with van der Waals surface area (Å²) in [6, 6.07) is 19.1. The van der Waals surface area contributed by atoms with Gasteiger partial charge >= 0.3 is 0 Å². The highest BCUT2D eigenvalue weighted by Crippen LogP contribution is 1.95. The monoisotopic (exact) mass is 290 g/mol. The Hall–Kier alpha value is -2.81. The molecule has 0 bridgehead atoms. The number of carbonyl (C=O) groups is 1. The van der Waals surface area contributed by atoms with Crippen LogP contribution in [-0.2, 0) is 4.79 Å². The highest BCUT2D eigenvalue weighted by atomic mass is 16.3. The number of aliphatic hydroxyl groups is 1. The Balaban J connectivity index is 0.000000220. The molecule has 22 heavy (non-hydrogen) atoms. The van der Waals surface area contributed by atoms with E-state index in [4.69, 9.17) is 5.11 Å². The first-order valence-corrected chi connectivity index (χ1v) is 6.90. The summed E-state index contributed by atoms with van der Waals surface area (Å²) >= 11 is 0. The molecule has 1 N–H and O–H groups in total. The van der Waals surface area contributed by atoms with Crippen LogP contribution in [0.1, 0.15) is 25.0 Å². The highest BCUT2D eigenvalue weighted by molar-refractivity contribution is 5.93. The number of Topliss-reactive ketones (excluding diaryl/α,β-unsaturated/α-hetero) is 1. The van der Waals surface area contributed by atoms with Crippen molar-refractivity contribution in [2.45, 2.75) is 20.0 Å². The van der Waals surface area contributed by atoms with Crippen LogP contribution in [0.3, 0.4) is 0 Å². The van der Waals surface area contributed by atoms with Crippen molar-refractivity contribution in [1.82, 2.24) is 0 Å². The maximum Gasteiger partial charge on any atom is 0.202 e. The summed E-state index contributed by atoms with van der Waals surface area (Å²) in [6.45, 7) is 3.10. The molecule has 0 aliphatic carbocycles. The lowest BCUT2D eigenvalue weighted by molar-refractivity contribution is -0.111. The molecule has 1 atom stereocenters. The molecule has 0 aliphatic rings. The molecule has 2 heteroatoms. The van der Waals surface area contributed by atoms with E-state index in [-0.39, 0.29) is 5.78 Å². The van der Waals surface area contributed by atoms with Gasteiger partial charge in [-0.3, -0.25) is 4.79 Å². The lowest BCUT2D eigenvalue weighted by atomic mass is 10.2. The molecule has 0 aromatic heterocycles. The van der Waals surface area contributed by atoms with E-state index in [2.05, 4.69) is 23.7 Å². The molecular formula is C20H18O2. The third-order valence-corrected chi connectivity index (χ3v) is 2.36. The van der Waals surface area contributed by atoms with Crippen molar-refractivity contribution < 1.29 is 9.90 Å². The zero-order chi connectivity index (χ0) is 16.2. The summed E-state index contributed by atoms with van der Waals surface area (Å²) in [5.41, 5.74) is 1.82. The van der Waals surface area contributed by atoms with E-state index in [0.29, 0.717) is 0 Å². The van der Waals surface area contributed by atoms with Crippen LogP contribution < -0.4 is 0 Å². The molecule has 0 saturated carbocycles. The molecule has 0 heterocycles. The van der Waals surface area contributed by atoms with Crippen LogP contribution in [0.15, 0.2) is 60.7 Å². The molecule has 110 valence electrons. The summed E-state index contributed by atoms with van der Waals surface area (Å²) in [6.07, 6.45) is -0.546. The van der Waals surface area contributed by atoms with Crippen molar-refractivity contribution in [3.63, 3.8) is 0 Å². The number of hydrogen-bond donors (Lipinski definition) is 1. The van der Waals surface area contributed by atoms with Gasteiger partial charge in [0.05, 0.1) is 0 Å². The Bertz CT molecular complexity index is 693. The average molecular weight is 290 g/mol. The Morgan fingerprint density at radius 3 is 1.77 bits per heavy atom. The standard InChI is InChI=1S/C10H10O.C10H8O/c2*1-9(11)7-8-10-5-3-2-4-6-10/h2-6,9,11H,1H3;2-6H,1H3. The second-order valence-electron chi connectivity index (χ2n) is 4.48. The third-order valence-electron chi connectivity index (χ3n) is 2.36. The Labute approximate surface area is 131 Å². The zero-order valence-corrected chi connectivity index (χ0v) is 12.7. The summed E-state index contributed by atoms with van der Waals surface area (Å²) in [5.74, 6) is 10.6. The van der Waals surface area contributed by atoms with E-state index in [0.717, 1.165) is 11.1 Å². The van der Waals surface area contributed by atoms with Gasteiger partial charge in [-0.05, 0) is 37.1 Å². The van der Waals surface area contributed by atoms with Crippen LogP contribution in [0.4, 0.5) is 0 Å². The summed E-state index contributed by atoms with van der Waals surface area (Å²) in [4.78, 5) is 10.4. The fraction of sp³-hybridized carbons (Fsp3) is 0.150. The highest BCUT2D eigenvalue weighted by Gasteiger charge is 1.84. The van der Waals surface area contributed by atoms with Crippen molar-refractivity contribution in [2.75, 3.05) is 0 Å². The molecule has 0 amide bonds. The normalized spacial score (nSPS) is 9.77. The lowest BCUT2D eigenvalue weighted by Crippen LogP contribution is -1.92. The SMILES string of the molecule is CC(=O)C#Cc1ccccc1.CC(O)C#Cc1ccccc1. The Kier molecular flexibility index (Phi) is 7.83. The second kappa shape index (κ2) is 10.00. The predicted molar refractivity (Wildman–Crippen MR) is 89.0 cm³/mol. The molecule has 2 aromatic carbocycles. The second-order valence-corrected chi connectivity index (χ2v) is 4.48. The van der Waals surface area contributed by atoms with Crippen molar-refractivity contribution in [2.24, 2.45) is 0 Å². The zero-order valence-electron chi connectivity index (χ0n) is 12.7. The largest absolute Gasteiger partial charge is 0.381 e. The average Bonchev–Trinajstić information content (AvgIpc) is 2.53. The third kappa shape index (κ3) is 8.38. The molecule has 0 saturated heterocycles. The fourth-order valence-electron chi connectivity index (χ4n) is 1.39. The van der Waals surface area contributed by atoms with Crippen molar-refractivity contribution in [1.29, 1.82) is 0 Å². The van der Waals surface area contributed by atoms with E-state index in [1.165, 1.54) is 6.92 Å². The van der Waals surface area contributed by atoms with Gasteiger partial charge in [0.1, 0.15) is 6.10 Å². The summed E-state index contributed by atoms with van der Waals surface area (Å²) < 4.78 is 0. The molecule has 0 spiro atoms. The van der Waals surface area contributed by atoms with Gasteiger partial charge in [0, 0.05) is 18.1 Å². The molecular weight excluding hydrogens is 272 g/mol. The minimum Gasteiger partial charge on any atom is -0.381 e. The van der Waals surface area contributed by atoms with Crippen LogP contribution in [0.2, 0.25) is 0 Å². The van der Waals surface area contributed by atoms with Crippen molar-refractivity contribution in [3.8, 4) is 23.7 Å². The first-order chi connectivity index (χ1) is 10.6. The maximum absolute atomic E-state index is 10.4. The Morgan fingerprint density at radius 1 is 0.909 bits per heavy atom. The number of rotatable bonds is 0. The lowest BCUT2D eigenvalue weighted by Gasteiger charge is -1.88. The van der Waals surface area contributed by atoms with Gasteiger partial charge in [-0.2, -0.15) is 0 Å². The Morgan fingerprint density at radius 2 is 1.36 bits per heavy atom. The molecule has 1 unspecified atom stereocenters. The van der Waals surface area contributed by atoms with Gasteiger partial charge in [0.25, 0.3) is 0 Å². The predicted octanol–water partition coefficient (Wildman–Crippen LogP) is 3.05. The van der Waals surface area contributed by atoms with Crippen LogP contribution in [0.25, 0.3) is 0 Å². The van der Waals surface area contributed by atoms with Gasteiger partial charge in [-0.15, -0.1) is 0 Å². The number of ketones is 1. The number of benzene rings is 2. The van der Waals surface area contributed by atoms with Crippen LogP contribution in [0, 0.1) is 23.7 Å². The van der Waals surface area contributed by atoms with E-state index in [1.807, 2.05) is 60.7 Å². The number of aliphatic hydroxyl groups excluding tert-OH is 1. The molecule has 2 aromatic rings. The fourth-order valence-corrected chi connectivity index (χ4v) is 1.39.